The summed E-state index contributed by atoms with van der Waals surface area (Å²) in [5.74, 6) is 0.462. The van der Waals surface area contributed by atoms with Gasteiger partial charge in [0.15, 0.2) is 5.65 Å². The van der Waals surface area contributed by atoms with Gasteiger partial charge >= 0.3 is 0 Å². The monoisotopic (exact) mass is 231 g/mol. The highest BCUT2D eigenvalue weighted by molar-refractivity contribution is 5.71. The van der Waals surface area contributed by atoms with Crippen LogP contribution in [0.1, 0.15) is 58.2 Å². The molecule has 3 nitrogen and oxygen atoms in total. The molecule has 0 spiro atoms. The minimum Gasteiger partial charge on any atom is -0.312 e. The van der Waals surface area contributed by atoms with E-state index in [-0.39, 0.29) is 0 Å². The van der Waals surface area contributed by atoms with E-state index in [2.05, 4.69) is 49.4 Å². The quantitative estimate of drug-likeness (QED) is 0.798. The van der Waals surface area contributed by atoms with Gasteiger partial charge in [-0.25, -0.2) is 9.97 Å². The number of aromatic nitrogens is 3. The average molecular weight is 231 g/mol. The second-order valence-corrected chi connectivity index (χ2v) is 4.86. The summed E-state index contributed by atoms with van der Waals surface area (Å²) in [7, 11) is 0. The highest BCUT2D eigenvalue weighted by Gasteiger charge is 2.12. The van der Waals surface area contributed by atoms with Crippen molar-refractivity contribution < 1.29 is 0 Å². The van der Waals surface area contributed by atoms with Crippen molar-refractivity contribution in [3.05, 3.63) is 24.2 Å². The molecule has 0 aliphatic carbocycles. The number of imidazole rings is 1. The third-order valence-electron chi connectivity index (χ3n) is 3.37. The number of rotatable bonds is 4. The van der Waals surface area contributed by atoms with E-state index in [0.717, 1.165) is 29.7 Å². The highest BCUT2D eigenvalue weighted by Crippen LogP contribution is 2.23. The zero-order valence-electron chi connectivity index (χ0n) is 11.1. The molecular formula is C14H21N3. The Morgan fingerprint density at radius 1 is 1.18 bits per heavy atom. The van der Waals surface area contributed by atoms with Crippen LogP contribution in [0.4, 0.5) is 0 Å². The van der Waals surface area contributed by atoms with Crippen molar-refractivity contribution in [1.82, 2.24) is 14.5 Å². The second kappa shape index (κ2) is 4.86. The van der Waals surface area contributed by atoms with Gasteiger partial charge in [-0.15, -0.1) is 0 Å². The molecule has 0 aliphatic rings. The first kappa shape index (κ1) is 12.1. The van der Waals surface area contributed by atoms with Crippen LogP contribution in [0, 0.1) is 0 Å². The lowest BCUT2D eigenvalue weighted by molar-refractivity contribution is 0.480. The van der Waals surface area contributed by atoms with Crippen LogP contribution in [-0.2, 0) is 0 Å². The van der Waals surface area contributed by atoms with Crippen molar-refractivity contribution in [3.63, 3.8) is 0 Å². The zero-order chi connectivity index (χ0) is 12.4. The van der Waals surface area contributed by atoms with Gasteiger partial charge in [0.1, 0.15) is 5.52 Å². The highest BCUT2D eigenvalue weighted by atomic mass is 15.1. The van der Waals surface area contributed by atoms with Gasteiger partial charge in [0.2, 0.25) is 0 Å². The zero-order valence-corrected chi connectivity index (χ0v) is 11.1. The summed E-state index contributed by atoms with van der Waals surface area (Å²) < 4.78 is 2.22. The summed E-state index contributed by atoms with van der Waals surface area (Å²) in [5, 5.41) is 0. The largest absolute Gasteiger partial charge is 0.312 e. The molecule has 0 N–H and O–H groups in total. The summed E-state index contributed by atoms with van der Waals surface area (Å²) in [6.45, 7) is 8.77. The van der Waals surface area contributed by atoms with E-state index in [1.165, 1.54) is 0 Å². The molecule has 0 bridgehead atoms. The van der Waals surface area contributed by atoms with Crippen molar-refractivity contribution in [3.8, 4) is 0 Å². The summed E-state index contributed by atoms with van der Waals surface area (Å²) in [5.41, 5.74) is 3.18. The Kier molecular flexibility index (Phi) is 3.46. The lowest BCUT2D eigenvalue weighted by atomic mass is 10.1. The molecule has 0 fully saturated rings. The molecule has 2 aromatic heterocycles. The Hall–Kier alpha value is -1.38. The molecule has 0 saturated heterocycles. The molecule has 2 heterocycles. The fourth-order valence-electron chi connectivity index (χ4n) is 2.20. The third kappa shape index (κ3) is 2.19. The fraction of sp³-hybridized carbons (Fsp3) is 0.571. The predicted molar refractivity (Wildman–Crippen MR) is 71.2 cm³/mol. The third-order valence-corrected chi connectivity index (χ3v) is 3.37. The SMILES string of the molecule is CCC(CC)n1cnc2ccc(C(C)C)nc21. The normalized spacial score (nSPS) is 11.9. The first-order valence-corrected chi connectivity index (χ1v) is 6.50. The van der Waals surface area contributed by atoms with Crippen LogP contribution in [0.3, 0.4) is 0 Å². The molecule has 2 rings (SSSR count). The molecule has 0 saturated carbocycles. The molecule has 0 atom stereocenters. The molecule has 3 heteroatoms. The summed E-state index contributed by atoms with van der Waals surface area (Å²) in [6.07, 6.45) is 4.17. The Morgan fingerprint density at radius 2 is 1.88 bits per heavy atom. The standard InChI is InChI=1S/C14H21N3/c1-5-11(6-2)17-9-15-13-8-7-12(10(3)4)16-14(13)17/h7-11H,5-6H2,1-4H3. The van der Waals surface area contributed by atoms with E-state index in [9.17, 15) is 0 Å². The average Bonchev–Trinajstić information content (AvgIpc) is 2.74. The van der Waals surface area contributed by atoms with Crippen molar-refractivity contribution in [1.29, 1.82) is 0 Å². The van der Waals surface area contributed by atoms with Gasteiger partial charge in [-0.2, -0.15) is 0 Å². The Morgan fingerprint density at radius 3 is 2.47 bits per heavy atom. The molecule has 0 amide bonds. The summed E-state index contributed by atoms with van der Waals surface area (Å²) in [4.78, 5) is 9.19. The Bertz CT molecular complexity index is 495. The molecule has 92 valence electrons. The molecule has 17 heavy (non-hydrogen) atoms. The number of hydrogen-bond donors (Lipinski definition) is 0. The van der Waals surface area contributed by atoms with Gasteiger partial charge in [0.05, 0.1) is 6.33 Å². The van der Waals surface area contributed by atoms with Crippen molar-refractivity contribution in [2.75, 3.05) is 0 Å². The number of hydrogen-bond acceptors (Lipinski definition) is 2. The van der Waals surface area contributed by atoms with Crippen LogP contribution in [0.25, 0.3) is 11.2 Å². The molecule has 0 aromatic carbocycles. The number of pyridine rings is 1. The molecule has 0 unspecified atom stereocenters. The molecule has 2 aromatic rings. The van der Waals surface area contributed by atoms with E-state index >= 15 is 0 Å². The van der Waals surface area contributed by atoms with E-state index in [4.69, 9.17) is 4.98 Å². The summed E-state index contributed by atoms with van der Waals surface area (Å²) in [6, 6.07) is 4.67. The maximum atomic E-state index is 4.75. The first-order valence-electron chi connectivity index (χ1n) is 6.50. The minimum atomic E-state index is 0.462. The van der Waals surface area contributed by atoms with Gasteiger partial charge in [-0.3, -0.25) is 0 Å². The van der Waals surface area contributed by atoms with Gasteiger partial charge in [0, 0.05) is 11.7 Å². The summed E-state index contributed by atoms with van der Waals surface area (Å²) >= 11 is 0. The van der Waals surface area contributed by atoms with Crippen LogP contribution in [0.5, 0.6) is 0 Å². The molecule has 0 aliphatic heterocycles. The molecular weight excluding hydrogens is 210 g/mol. The van der Waals surface area contributed by atoms with E-state index in [0.29, 0.717) is 12.0 Å². The Balaban J connectivity index is 2.53. The van der Waals surface area contributed by atoms with Gasteiger partial charge in [-0.1, -0.05) is 27.7 Å². The van der Waals surface area contributed by atoms with Gasteiger partial charge in [0.25, 0.3) is 0 Å². The van der Waals surface area contributed by atoms with Gasteiger partial charge in [-0.05, 0) is 30.9 Å². The topological polar surface area (TPSA) is 30.7 Å². The van der Waals surface area contributed by atoms with Crippen LogP contribution >= 0.6 is 0 Å². The van der Waals surface area contributed by atoms with Crippen LogP contribution in [0.15, 0.2) is 18.5 Å². The van der Waals surface area contributed by atoms with Gasteiger partial charge < -0.3 is 4.57 Å². The van der Waals surface area contributed by atoms with E-state index in [1.807, 2.05) is 6.33 Å². The molecule has 0 radical (unpaired) electrons. The van der Waals surface area contributed by atoms with Crippen LogP contribution in [-0.4, -0.2) is 14.5 Å². The lowest BCUT2D eigenvalue weighted by Gasteiger charge is -2.15. The van der Waals surface area contributed by atoms with Crippen molar-refractivity contribution in [2.24, 2.45) is 0 Å². The van der Waals surface area contributed by atoms with E-state index in [1.54, 1.807) is 0 Å². The van der Waals surface area contributed by atoms with Crippen LogP contribution in [0.2, 0.25) is 0 Å². The first-order chi connectivity index (χ1) is 8.17. The maximum Gasteiger partial charge on any atom is 0.160 e. The number of fused-ring (bicyclic) bond motifs is 1. The number of nitrogens with zero attached hydrogens (tertiary/aromatic N) is 3. The van der Waals surface area contributed by atoms with Crippen molar-refractivity contribution >= 4 is 11.2 Å². The fourth-order valence-corrected chi connectivity index (χ4v) is 2.20. The predicted octanol–water partition coefficient (Wildman–Crippen LogP) is 3.92. The van der Waals surface area contributed by atoms with E-state index < -0.39 is 0 Å². The second-order valence-electron chi connectivity index (χ2n) is 4.86. The van der Waals surface area contributed by atoms with Crippen LogP contribution < -0.4 is 0 Å². The minimum absolute atomic E-state index is 0.462. The Labute approximate surface area is 103 Å². The van der Waals surface area contributed by atoms with Crippen molar-refractivity contribution in [2.45, 2.75) is 52.5 Å². The smallest absolute Gasteiger partial charge is 0.160 e. The maximum absolute atomic E-state index is 4.75. The lowest BCUT2D eigenvalue weighted by Crippen LogP contribution is -2.07.